The summed E-state index contributed by atoms with van der Waals surface area (Å²) in [6, 6.07) is 18.2. The number of nitrogens with one attached hydrogen (secondary N) is 2. The zero-order valence-corrected chi connectivity index (χ0v) is 18.2. The first-order chi connectivity index (χ1) is 14.0. The first kappa shape index (κ1) is 21.3. The second kappa shape index (κ2) is 10.4. The molecule has 2 aromatic carbocycles. The third-order valence-corrected chi connectivity index (χ3v) is 5.47. The average Bonchev–Trinajstić information content (AvgIpc) is 2.74. The highest BCUT2D eigenvalue weighted by Crippen LogP contribution is 2.21. The van der Waals surface area contributed by atoms with Crippen molar-refractivity contribution in [1.82, 2.24) is 10.2 Å². The van der Waals surface area contributed by atoms with Crippen molar-refractivity contribution in [3.8, 4) is 0 Å². The van der Waals surface area contributed by atoms with E-state index in [1.165, 1.54) is 12.0 Å². The molecule has 1 atom stereocenters. The van der Waals surface area contributed by atoms with Crippen molar-refractivity contribution in [3.63, 3.8) is 0 Å². The van der Waals surface area contributed by atoms with Crippen LogP contribution in [0, 0.1) is 5.92 Å². The van der Waals surface area contributed by atoms with Gasteiger partial charge in [0.05, 0.1) is 6.04 Å². The van der Waals surface area contributed by atoms with E-state index in [2.05, 4.69) is 48.7 Å². The van der Waals surface area contributed by atoms with E-state index >= 15 is 0 Å². The van der Waals surface area contributed by atoms with E-state index in [0.29, 0.717) is 11.0 Å². The van der Waals surface area contributed by atoms with Gasteiger partial charge in [0.15, 0.2) is 5.11 Å². The largest absolute Gasteiger partial charge is 0.356 e. The van der Waals surface area contributed by atoms with Gasteiger partial charge in [-0.05, 0) is 73.6 Å². The van der Waals surface area contributed by atoms with Crippen LogP contribution in [0.2, 0.25) is 0 Å². The molecule has 0 radical (unpaired) electrons. The maximum absolute atomic E-state index is 12.6. The third kappa shape index (κ3) is 6.29. The van der Waals surface area contributed by atoms with Crippen LogP contribution in [0.5, 0.6) is 0 Å². The van der Waals surface area contributed by atoms with Gasteiger partial charge < -0.3 is 15.5 Å². The predicted molar refractivity (Wildman–Crippen MR) is 124 cm³/mol. The molecule has 1 amide bonds. The summed E-state index contributed by atoms with van der Waals surface area (Å²) >= 11 is 5.55. The SMILES string of the molecule is CC(C)C[C@H](NC(=S)Nc1ccc(C(=O)N2CCCCC2)cc1)c1ccccc1. The number of rotatable bonds is 6. The zero-order chi connectivity index (χ0) is 20.6. The lowest BCUT2D eigenvalue weighted by atomic mass is 9.97. The Morgan fingerprint density at radius 1 is 1.00 bits per heavy atom. The number of nitrogens with zero attached hydrogens (tertiary/aromatic N) is 1. The van der Waals surface area contributed by atoms with Crippen LogP contribution in [0.25, 0.3) is 0 Å². The van der Waals surface area contributed by atoms with Gasteiger partial charge >= 0.3 is 0 Å². The van der Waals surface area contributed by atoms with Gasteiger partial charge in [0.2, 0.25) is 0 Å². The fraction of sp³-hybridized carbons (Fsp3) is 0.417. The molecular formula is C24H31N3OS. The Kier molecular flexibility index (Phi) is 7.64. The molecule has 0 aliphatic carbocycles. The van der Waals surface area contributed by atoms with E-state index in [-0.39, 0.29) is 11.9 Å². The molecule has 1 fully saturated rings. The van der Waals surface area contributed by atoms with Gasteiger partial charge in [0, 0.05) is 24.3 Å². The smallest absolute Gasteiger partial charge is 0.253 e. The van der Waals surface area contributed by atoms with Crippen molar-refractivity contribution < 1.29 is 4.79 Å². The van der Waals surface area contributed by atoms with Gasteiger partial charge in [-0.15, -0.1) is 0 Å². The summed E-state index contributed by atoms with van der Waals surface area (Å²) in [5, 5.41) is 7.30. The summed E-state index contributed by atoms with van der Waals surface area (Å²) in [7, 11) is 0. The van der Waals surface area contributed by atoms with Gasteiger partial charge in [-0.2, -0.15) is 0 Å². The highest BCUT2D eigenvalue weighted by Gasteiger charge is 2.18. The number of likely N-dealkylation sites (tertiary alicyclic amines) is 1. The van der Waals surface area contributed by atoms with E-state index in [1.807, 2.05) is 35.2 Å². The Hall–Kier alpha value is -2.40. The Morgan fingerprint density at radius 2 is 1.66 bits per heavy atom. The monoisotopic (exact) mass is 409 g/mol. The van der Waals surface area contributed by atoms with Gasteiger partial charge in [-0.3, -0.25) is 4.79 Å². The minimum atomic E-state index is 0.123. The Balaban J connectivity index is 1.60. The number of amides is 1. The maximum atomic E-state index is 12.6. The van der Waals surface area contributed by atoms with Crippen molar-refractivity contribution in [2.24, 2.45) is 5.92 Å². The van der Waals surface area contributed by atoms with Crippen LogP contribution in [0.3, 0.4) is 0 Å². The van der Waals surface area contributed by atoms with Crippen LogP contribution >= 0.6 is 12.2 Å². The quantitative estimate of drug-likeness (QED) is 0.628. The van der Waals surface area contributed by atoms with E-state index < -0.39 is 0 Å². The molecular weight excluding hydrogens is 378 g/mol. The lowest BCUT2D eigenvalue weighted by molar-refractivity contribution is 0.0724. The molecule has 2 N–H and O–H groups in total. The topological polar surface area (TPSA) is 44.4 Å². The van der Waals surface area contributed by atoms with E-state index in [9.17, 15) is 4.79 Å². The van der Waals surface area contributed by atoms with E-state index in [1.54, 1.807) is 0 Å². The Labute approximate surface area is 179 Å². The van der Waals surface area contributed by atoms with Crippen LogP contribution in [-0.4, -0.2) is 29.0 Å². The molecule has 1 heterocycles. The van der Waals surface area contributed by atoms with Gasteiger partial charge in [-0.25, -0.2) is 0 Å². The third-order valence-electron chi connectivity index (χ3n) is 5.25. The molecule has 0 bridgehead atoms. The van der Waals surface area contributed by atoms with Crippen LogP contribution in [0.15, 0.2) is 54.6 Å². The summed E-state index contributed by atoms with van der Waals surface area (Å²) in [4.78, 5) is 14.6. The van der Waals surface area contributed by atoms with Gasteiger partial charge in [0.1, 0.15) is 0 Å². The second-order valence-corrected chi connectivity index (χ2v) is 8.53. The van der Waals surface area contributed by atoms with E-state index in [4.69, 9.17) is 12.2 Å². The molecule has 0 spiro atoms. The van der Waals surface area contributed by atoms with Crippen molar-refractivity contribution in [2.75, 3.05) is 18.4 Å². The Bertz CT molecular complexity index is 799. The van der Waals surface area contributed by atoms with Gasteiger partial charge in [-0.1, -0.05) is 44.2 Å². The van der Waals surface area contributed by atoms with Crippen molar-refractivity contribution in [2.45, 2.75) is 45.6 Å². The molecule has 3 rings (SSSR count). The molecule has 154 valence electrons. The molecule has 0 unspecified atom stereocenters. The van der Waals surface area contributed by atoms with Gasteiger partial charge in [0.25, 0.3) is 5.91 Å². The van der Waals surface area contributed by atoms with Crippen LogP contribution < -0.4 is 10.6 Å². The summed E-state index contributed by atoms with van der Waals surface area (Å²) in [5.41, 5.74) is 2.85. The summed E-state index contributed by atoms with van der Waals surface area (Å²) in [6.45, 7) is 6.16. The fourth-order valence-electron chi connectivity index (χ4n) is 3.74. The van der Waals surface area contributed by atoms with Crippen molar-refractivity contribution in [1.29, 1.82) is 0 Å². The number of carbonyl (C=O) groups excluding carboxylic acids is 1. The maximum Gasteiger partial charge on any atom is 0.253 e. The highest BCUT2D eigenvalue weighted by molar-refractivity contribution is 7.80. The summed E-state index contributed by atoms with van der Waals surface area (Å²) < 4.78 is 0. The normalized spacial score (nSPS) is 15.1. The summed E-state index contributed by atoms with van der Waals surface area (Å²) in [5.74, 6) is 0.675. The number of carbonyl (C=O) groups is 1. The van der Waals surface area contributed by atoms with Crippen molar-refractivity contribution >= 4 is 28.9 Å². The number of anilines is 1. The number of hydrogen-bond donors (Lipinski definition) is 2. The molecule has 5 heteroatoms. The van der Waals surface area contributed by atoms with Crippen LogP contribution in [-0.2, 0) is 0 Å². The molecule has 1 aliphatic heterocycles. The lowest BCUT2D eigenvalue weighted by Crippen LogP contribution is -2.35. The Morgan fingerprint density at radius 3 is 2.28 bits per heavy atom. The molecule has 1 aliphatic rings. The average molecular weight is 410 g/mol. The number of benzene rings is 2. The van der Waals surface area contributed by atoms with Crippen molar-refractivity contribution in [3.05, 3.63) is 65.7 Å². The first-order valence-electron chi connectivity index (χ1n) is 10.5. The minimum Gasteiger partial charge on any atom is -0.356 e. The van der Waals surface area contributed by atoms with Crippen LogP contribution in [0.4, 0.5) is 5.69 Å². The molecule has 4 nitrogen and oxygen atoms in total. The predicted octanol–water partition coefficient (Wildman–Crippen LogP) is 5.39. The standard InChI is InChI=1S/C24H31N3OS/c1-18(2)17-22(19-9-5-3-6-10-19)26-24(29)25-21-13-11-20(12-14-21)23(28)27-15-7-4-8-16-27/h3,5-6,9-14,18,22H,4,7-8,15-17H2,1-2H3,(H2,25,26,29)/t22-/m0/s1. The van der Waals surface area contributed by atoms with E-state index in [0.717, 1.165) is 43.6 Å². The second-order valence-electron chi connectivity index (χ2n) is 8.12. The highest BCUT2D eigenvalue weighted by atomic mass is 32.1. The number of hydrogen-bond acceptors (Lipinski definition) is 2. The molecule has 2 aromatic rings. The molecule has 1 saturated heterocycles. The number of piperidine rings is 1. The lowest BCUT2D eigenvalue weighted by Gasteiger charge is -2.26. The fourth-order valence-corrected chi connectivity index (χ4v) is 4.00. The number of thiocarbonyl (C=S) groups is 1. The molecule has 0 saturated carbocycles. The minimum absolute atomic E-state index is 0.123. The molecule has 0 aromatic heterocycles. The molecule has 29 heavy (non-hydrogen) atoms. The first-order valence-corrected chi connectivity index (χ1v) is 11.0. The summed E-state index contributed by atoms with van der Waals surface area (Å²) in [6.07, 6.45) is 4.42. The zero-order valence-electron chi connectivity index (χ0n) is 17.4. The van der Waals surface area contributed by atoms with Crippen LogP contribution in [0.1, 0.15) is 61.5 Å².